The van der Waals surface area contributed by atoms with Crippen molar-refractivity contribution in [2.75, 3.05) is 25.1 Å². The Bertz CT molecular complexity index is 1090. The number of hydrogen-bond acceptors (Lipinski definition) is 5. The molecule has 4 rings (SSSR count). The quantitative estimate of drug-likeness (QED) is 0.635. The molecule has 1 amide bonds. The number of phenolic OH excluding ortho intramolecular Hbond substituents is 1. The summed E-state index contributed by atoms with van der Waals surface area (Å²) in [6.07, 6.45) is 5.25. The molecule has 6 nitrogen and oxygen atoms in total. The van der Waals surface area contributed by atoms with Gasteiger partial charge >= 0.3 is 0 Å². The molecule has 2 saturated heterocycles. The summed E-state index contributed by atoms with van der Waals surface area (Å²) in [6.45, 7) is 1.24. The maximum atomic E-state index is 13.7. The van der Waals surface area contributed by atoms with Crippen LogP contribution in [0.3, 0.4) is 0 Å². The first-order chi connectivity index (χ1) is 15.7. The predicted octanol–water partition coefficient (Wildman–Crippen LogP) is 3.32. The van der Waals surface area contributed by atoms with Crippen LogP contribution in [0.2, 0.25) is 0 Å². The summed E-state index contributed by atoms with van der Waals surface area (Å²) >= 11 is 0. The Kier molecular flexibility index (Phi) is 7.05. The van der Waals surface area contributed by atoms with Crippen LogP contribution in [0.1, 0.15) is 42.7 Å². The molecule has 0 saturated carbocycles. The highest BCUT2D eigenvalue weighted by atomic mass is 32.2. The van der Waals surface area contributed by atoms with E-state index in [0.29, 0.717) is 42.4 Å². The predicted molar refractivity (Wildman–Crippen MR) is 125 cm³/mol. The fourth-order valence-corrected chi connectivity index (χ4v) is 6.02. The standard InChI is InChI=1S/C25H31FN2O4S/c1-33(31,32)17-25(30)27(16-18-4-2-6-21(26)12-18)10-11-28-22-8-9-23(28)14-20(13-22)19-5-3-7-24(29)15-19/h2-7,12,15,20,22-23,29H,8-11,13-14,16-17H2,1H3/t20-,22+,23-. The van der Waals surface area contributed by atoms with Crippen molar-refractivity contribution in [2.45, 2.75) is 50.2 Å². The zero-order valence-corrected chi connectivity index (χ0v) is 19.7. The van der Waals surface area contributed by atoms with E-state index in [2.05, 4.69) is 11.0 Å². The summed E-state index contributed by atoms with van der Waals surface area (Å²) in [5.74, 6) is -0.686. The molecule has 0 radical (unpaired) electrons. The molecule has 0 spiro atoms. The minimum atomic E-state index is -3.46. The van der Waals surface area contributed by atoms with Gasteiger partial charge in [-0.15, -0.1) is 0 Å². The van der Waals surface area contributed by atoms with E-state index in [0.717, 1.165) is 31.9 Å². The Morgan fingerprint density at radius 1 is 1.12 bits per heavy atom. The number of aromatic hydroxyl groups is 1. The summed E-state index contributed by atoms with van der Waals surface area (Å²) in [5.41, 5.74) is 1.81. The average Bonchev–Trinajstić information content (AvgIpc) is 2.97. The van der Waals surface area contributed by atoms with Gasteiger partial charge in [0.2, 0.25) is 5.91 Å². The van der Waals surface area contributed by atoms with E-state index in [4.69, 9.17) is 0 Å². The number of benzene rings is 2. The Morgan fingerprint density at radius 2 is 1.82 bits per heavy atom. The molecule has 3 atom stereocenters. The second-order valence-electron chi connectivity index (χ2n) is 9.40. The Balaban J connectivity index is 1.43. The second-order valence-corrected chi connectivity index (χ2v) is 11.5. The number of piperidine rings is 1. The van der Waals surface area contributed by atoms with Gasteiger partial charge in [0.1, 0.15) is 17.3 Å². The van der Waals surface area contributed by atoms with Crippen LogP contribution >= 0.6 is 0 Å². The third-order valence-corrected chi connectivity index (χ3v) is 7.63. The summed E-state index contributed by atoms with van der Waals surface area (Å²) in [7, 11) is -3.46. The van der Waals surface area contributed by atoms with E-state index in [1.54, 1.807) is 18.2 Å². The molecule has 2 aliphatic heterocycles. The summed E-state index contributed by atoms with van der Waals surface area (Å²) < 4.78 is 37.1. The molecule has 2 aromatic rings. The van der Waals surface area contributed by atoms with Crippen LogP contribution in [0.25, 0.3) is 0 Å². The van der Waals surface area contributed by atoms with Gasteiger partial charge in [-0.2, -0.15) is 0 Å². The summed E-state index contributed by atoms with van der Waals surface area (Å²) in [5, 5.41) is 9.85. The van der Waals surface area contributed by atoms with Crippen LogP contribution in [-0.4, -0.2) is 66.4 Å². The number of halogens is 1. The lowest BCUT2D eigenvalue weighted by Gasteiger charge is -2.40. The molecule has 2 aliphatic rings. The molecule has 8 heteroatoms. The largest absolute Gasteiger partial charge is 0.508 e. The van der Waals surface area contributed by atoms with Crippen molar-refractivity contribution in [3.63, 3.8) is 0 Å². The van der Waals surface area contributed by atoms with E-state index in [9.17, 15) is 22.7 Å². The zero-order chi connectivity index (χ0) is 23.6. The number of amides is 1. The topological polar surface area (TPSA) is 77.9 Å². The van der Waals surface area contributed by atoms with E-state index in [1.807, 2.05) is 12.1 Å². The van der Waals surface area contributed by atoms with E-state index in [1.165, 1.54) is 22.6 Å². The molecule has 1 N–H and O–H groups in total. The molecule has 2 fully saturated rings. The number of rotatable bonds is 8. The van der Waals surface area contributed by atoms with Crippen molar-refractivity contribution in [1.82, 2.24) is 9.80 Å². The van der Waals surface area contributed by atoms with Crippen LogP contribution in [0, 0.1) is 5.82 Å². The molecular formula is C25H31FN2O4S. The maximum absolute atomic E-state index is 13.7. The van der Waals surface area contributed by atoms with Gasteiger partial charge in [-0.05, 0) is 67.0 Å². The van der Waals surface area contributed by atoms with E-state index < -0.39 is 21.5 Å². The lowest BCUT2D eigenvalue weighted by molar-refractivity contribution is -0.129. The minimum absolute atomic E-state index is 0.182. The lowest BCUT2D eigenvalue weighted by Crippen LogP contribution is -2.47. The maximum Gasteiger partial charge on any atom is 0.238 e. The van der Waals surface area contributed by atoms with Gasteiger partial charge in [0.05, 0.1) is 0 Å². The van der Waals surface area contributed by atoms with Gasteiger partial charge in [-0.25, -0.2) is 12.8 Å². The van der Waals surface area contributed by atoms with Crippen molar-refractivity contribution in [3.05, 3.63) is 65.5 Å². The monoisotopic (exact) mass is 474 g/mol. The van der Waals surface area contributed by atoms with Gasteiger partial charge in [0, 0.05) is 38.0 Å². The average molecular weight is 475 g/mol. The first-order valence-electron chi connectivity index (χ1n) is 11.4. The SMILES string of the molecule is CS(=O)(=O)CC(=O)N(CCN1[C@@H]2CC[C@H]1C[C@@H](c1cccc(O)c1)C2)Cc1cccc(F)c1. The molecular weight excluding hydrogens is 443 g/mol. The molecule has 178 valence electrons. The normalized spacial score (nSPS) is 22.9. The van der Waals surface area contributed by atoms with Crippen molar-refractivity contribution in [2.24, 2.45) is 0 Å². The van der Waals surface area contributed by atoms with Gasteiger partial charge in [0.15, 0.2) is 9.84 Å². The summed E-state index contributed by atoms with van der Waals surface area (Å²) in [6, 6.07) is 14.4. The molecule has 33 heavy (non-hydrogen) atoms. The number of carbonyl (C=O) groups excluding carboxylic acids is 1. The van der Waals surface area contributed by atoms with Crippen molar-refractivity contribution in [1.29, 1.82) is 0 Å². The molecule has 0 unspecified atom stereocenters. The van der Waals surface area contributed by atoms with Gasteiger partial charge in [-0.3, -0.25) is 9.69 Å². The van der Waals surface area contributed by atoms with Crippen LogP contribution < -0.4 is 0 Å². The van der Waals surface area contributed by atoms with Gasteiger partial charge in [-0.1, -0.05) is 24.3 Å². The molecule has 2 aromatic carbocycles. The Labute approximate surface area is 194 Å². The minimum Gasteiger partial charge on any atom is -0.508 e. The molecule has 2 heterocycles. The Hall–Kier alpha value is -2.45. The van der Waals surface area contributed by atoms with E-state index >= 15 is 0 Å². The molecule has 2 bridgehead atoms. The highest BCUT2D eigenvalue weighted by Crippen LogP contribution is 2.43. The van der Waals surface area contributed by atoms with Crippen LogP contribution in [-0.2, 0) is 21.2 Å². The van der Waals surface area contributed by atoms with E-state index in [-0.39, 0.29) is 12.4 Å². The summed E-state index contributed by atoms with van der Waals surface area (Å²) in [4.78, 5) is 16.8. The lowest BCUT2D eigenvalue weighted by atomic mass is 9.85. The van der Waals surface area contributed by atoms with Crippen molar-refractivity contribution < 1.29 is 22.7 Å². The van der Waals surface area contributed by atoms with Crippen molar-refractivity contribution in [3.8, 4) is 5.75 Å². The van der Waals surface area contributed by atoms with Gasteiger partial charge in [0.25, 0.3) is 0 Å². The van der Waals surface area contributed by atoms with Crippen LogP contribution in [0.15, 0.2) is 48.5 Å². The number of nitrogens with zero attached hydrogens (tertiary/aromatic N) is 2. The smallest absolute Gasteiger partial charge is 0.238 e. The zero-order valence-electron chi connectivity index (χ0n) is 18.9. The highest BCUT2D eigenvalue weighted by molar-refractivity contribution is 7.91. The van der Waals surface area contributed by atoms with Crippen molar-refractivity contribution >= 4 is 15.7 Å². The second kappa shape index (κ2) is 9.81. The fourth-order valence-electron chi connectivity index (χ4n) is 5.39. The number of fused-ring (bicyclic) bond motifs is 2. The van der Waals surface area contributed by atoms with Crippen LogP contribution in [0.5, 0.6) is 5.75 Å². The highest BCUT2D eigenvalue weighted by Gasteiger charge is 2.41. The number of carbonyl (C=O) groups is 1. The first kappa shape index (κ1) is 23.7. The number of hydrogen-bond donors (Lipinski definition) is 1. The van der Waals surface area contributed by atoms with Gasteiger partial charge < -0.3 is 10.0 Å². The molecule has 0 aliphatic carbocycles. The number of sulfone groups is 1. The number of phenols is 1. The molecule has 0 aromatic heterocycles. The fraction of sp³-hybridized carbons (Fsp3) is 0.480. The van der Waals surface area contributed by atoms with Crippen LogP contribution in [0.4, 0.5) is 4.39 Å². The third-order valence-electron chi connectivity index (χ3n) is 6.85. The Morgan fingerprint density at radius 3 is 2.45 bits per heavy atom. The first-order valence-corrected chi connectivity index (χ1v) is 13.5. The third kappa shape index (κ3) is 6.12.